The van der Waals surface area contributed by atoms with Crippen molar-refractivity contribution in [3.63, 3.8) is 0 Å². The quantitative estimate of drug-likeness (QED) is 0.384. The number of hydrogen-bond acceptors (Lipinski definition) is 9. The first-order chi connectivity index (χ1) is 26.9. The maximum Gasteiger partial charge on any atom is 0.264 e. The molecule has 8 atom stereocenters. The third kappa shape index (κ3) is 6.58. The lowest BCUT2D eigenvalue weighted by molar-refractivity contribution is -0.132. The number of rotatable bonds is 4. The Bertz CT molecular complexity index is 2020. The summed E-state index contributed by atoms with van der Waals surface area (Å²) >= 11 is 6.33. The fourth-order valence-electron chi connectivity index (χ4n) is 11.3. The van der Waals surface area contributed by atoms with Crippen LogP contribution in [0.3, 0.4) is 0 Å². The Morgan fingerprint density at radius 3 is 2.73 bits per heavy atom. The van der Waals surface area contributed by atoms with Crippen LogP contribution in [0.1, 0.15) is 74.4 Å². The van der Waals surface area contributed by atoms with E-state index in [1.807, 2.05) is 13.0 Å². The maximum absolute atomic E-state index is 15.7. The van der Waals surface area contributed by atoms with Gasteiger partial charge in [-0.05, 0) is 117 Å². The molecule has 3 aliphatic carbocycles. The standard InChI is InChI=1S/C43H56ClFN4O6S/c1-4-55-43(25-47-14-15-48-16-17-53-23-33(48)22-47)32-18-31(19-32)27(2)28(3)56(51,52)46-41(50)29-8-12-39-38(20-29)49(21-30-7-9-35(30)43)24-42(26-54-39)13-5-6-34-36(42)10-11-37(44)40(34)45/h8,10-12,18,20,27-28,30-31,33,35H,4-7,9,13-17,19,21-26H2,1-3H3,(H,46,50)/t27-,28-,30+,31+,33+,35-,42+,43+/m1/s1. The van der Waals surface area contributed by atoms with E-state index in [4.69, 9.17) is 25.8 Å². The second-order valence-electron chi connectivity index (χ2n) is 17.7. The molecule has 2 aromatic rings. The van der Waals surface area contributed by atoms with Crippen LogP contribution in [-0.2, 0) is 31.3 Å². The van der Waals surface area contributed by atoms with Gasteiger partial charge in [0.2, 0.25) is 10.0 Å². The number of allylic oxidation sites excluding steroid dienone is 1. The third-order valence-electron chi connectivity index (χ3n) is 14.8. The van der Waals surface area contributed by atoms with E-state index >= 15 is 4.39 Å². The largest absolute Gasteiger partial charge is 0.490 e. The summed E-state index contributed by atoms with van der Waals surface area (Å²) in [5, 5.41) is -0.659. The molecule has 56 heavy (non-hydrogen) atoms. The molecule has 13 heteroatoms. The number of amides is 1. The SMILES string of the molecule is CCO[C@@]1(CN2CCN3CCOC[C@@H]3C2)C2=C[C@@H](C2)[C@H](C)[C@@H](C)S(=O)(=O)NC(=O)c2ccc3c(c2)N(C[C@@H]2CC[C@H]21)C[C@@]1(CCCc2c1ccc(Cl)c2F)CO3. The number of piperazine rings is 1. The minimum Gasteiger partial charge on any atom is -0.490 e. The second kappa shape index (κ2) is 14.8. The molecule has 0 unspecified atom stereocenters. The fourth-order valence-corrected chi connectivity index (χ4v) is 12.8. The Hall–Kier alpha value is -2.74. The molecule has 1 saturated carbocycles. The van der Waals surface area contributed by atoms with Crippen LogP contribution in [0, 0.1) is 29.5 Å². The fraction of sp³-hybridized carbons (Fsp3) is 0.651. The first-order valence-corrected chi connectivity index (χ1v) is 22.8. The number of carbonyl (C=O) groups is 1. The first-order valence-electron chi connectivity index (χ1n) is 20.9. The first kappa shape index (κ1) is 38.8. The van der Waals surface area contributed by atoms with Crippen LogP contribution in [0.5, 0.6) is 5.75 Å². The number of benzene rings is 2. The molecule has 10 rings (SSSR count). The van der Waals surface area contributed by atoms with Crippen LogP contribution in [0.25, 0.3) is 0 Å². The number of hydrogen-bond donors (Lipinski definition) is 1. The molecule has 1 N–H and O–H groups in total. The highest BCUT2D eigenvalue weighted by molar-refractivity contribution is 7.90. The summed E-state index contributed by atoms with van der Waals surface area (Å²) in [6.07, 6.45) is 7.36. The van der Waals surface area contributed by atoms with Crippen molar-refractivity contribution in [3.8, 4) is 5.75 Å². The number of morpholine rings is 1. The molecule has 8 aliphatic rings. The number of fused-ring (bicyclic) bond motifs is 7. The Kier molecular flexibility index (Phi) is 10.3. The average molecular weight is 811 g/mol. The van der Waals surface area contributed by atoms with E-state index in [2.05, 4.69) is 32.4 Å². The van der Waals surface area contributed by atoms with Gasteiger partial charge in [0.05, 0.1) is 35.8 Å². The molecule has 3 fully saturated rings. The summed E-state index contributed by atoms with van der Waals surface area (Å²) in [4.78, 5) is 21.3. The number of nitrogens with one attached hydrogen (secondary N) is 1. The Balaban J connectivity index is 1.14. The Morgan fingerprint density at radius 1 is 1.11 bits per heavy atom. The van der Waals surface area contributed by atoms with Crippen LogP contribution in [0.2, 0.25) is 5.02 Å². The lowest BCUT2D eigenvalue weighted by Crippen LogP contribution is -2.64. The normalized spacial score (nSPS) is 35.7. The van der Waals surface area contributed by atoms with Crippen LogP contribution in [-0.4, -0.2) is 113 Å². The van der Waals surface area contributed by atoms with Crippen molar-refractivity contribution in [1.82, 2.24) is 14.5 Å². The number of carbonyl (C=O) groups excluding carboxylic acids is 1. The molecule has 5 aliphatic heterocycles. The molecule has 1 spiro atoms. The monoisotopic (exact) mass is 810 g/mol. The van der Waals surface area contributed by atoms with Gasteiger partial charge in [0, 0.05) is 69.4 Å². The van der Waals surface area contributed by atoms with Gasteiger partial charge in [-0.25, -0.2) is 17.5 Å². The molecule has 4 bridgehead atoms. The highest BCUT2D eigenvalue weighted by atomic mass is 35.5. The minimum absolute atomic E-state index is 0.0512. The number of anilines is 1. The smallest absolute Gasteiger partial charge is 0.264 e. The predicted molar refractivity (Wildman–Crippen MR) is 215 cm³/mol. The molecule has 10 nitrogen and oxygen atoms in total. The lowest BCUT2D eigenvalue weighted by atomic mass is 9.57. The van der Waals surface area contributed by atoms with Crippen molar-refractivity contribution in [2.75, 3.05) is 77.1 Å². The van der Waals surface area contributed by atoms with Gasteiger partial charge in [0.15, 0.2) is 0 Å². The van der Waals surface area contributed by atoms with Crippen molar-refractivity contribution < 1.29 is 31.8 Å². The van der Waals surface area contributed by atoms with Gasteiger partial charge in [0.1, 0.15) is 17.2 Å². The Labute approximate surface area is 336 Å². The maximum atomic E-state index is 15.7. The molecule has 0 aromatic heterocycles. The van der Waals surface area contributed by atoms with E-state index in [1.165, 1.54) is 5.57 Å². The number of sulfonamides is 1. The van der Waals surface area contributed by atoms with E-state index in [-0.39, 0.29) is 40.1 Å². The van der Waals surface area contributed by atoms with E-state index in [0.29, 0.717) is 50.1 Å². The van der Waals surface area contributed by atoms with Crippen molar-refractivity contribution in [2.24, 2.45) is 23.7 Å². The molecule has 2 aromatic carbocycles. The van der Waals surface area contributed by atoms with Crippen LogP contribution < -0.4 is 14.4 Å². The molecule has 1 amide bonds. The zero-order chi connectivity index (χ0) is 39.0. The number of halogens is 2. The van der Waals surface area contributed by atoms with Gasteiger partial charge < -0.3 is 19.1 Å². The van der Waals surface area contributed by atoms with Gasteiger partial charge >= 0.3 is 0 Å². The summed E-state index contributed by atoms with van der Waals surface area (Å²) < 4.78 is 65.5. The number of nitrogens with zero attached hydrogens (tertiary/aromatic N) is 3. The van der Waals surface area contributed by atoms with Gasteiger partial charge in [-0.3, -0.25) is 14.6 Å². The van der Waals surface area contributed by atoms with Gasteiger partial charge in [-0.15, -0.1) is 0 Å². The lowest BCUT2D eigenvalue weighted by Gasteiger charge is -2.57. The van der Waals surface area contributed by atoms with Crippen molar-refractivity contribution in [3.05, 3.63) is 69.5 Å². The van der Waals surface area contributed by atoms with Crippen molar-refractivity contribution in [2.45, 2.75) is 81.6 Å². The van der Waals surface area contributed by atoms with Crippen molar-refractivity contribution >= 4 is 33.2 Å². The average Bonchev–Trinajstić information content (AvgIpc) is 3.30. The van der Waals surface area contributed by atoms with E-state index in [0.717, 1.165) is 89.3 Å². The van der Waals surface area contributed by atoms with Gasteiger partial charge in [0.25, 0.3) is 5.91 Å². The third-order valence-corrected chi connectivity index (χ3v) is 17.0. The summed E-state index contributed by atoms with van der Waals surface area (Å²) in [7, 11) is -4.01. The van der Waals surface area contributed by atoms with Crippen LogP contribution >= 0.6 is 11.6 Å². The Morgan fingerprint density at radius 2 is 1.95 bits per heavy atom. The molecule has 304 valence electrons. The van der Waals surface area contributed by atoms with Gasteiger partial charge in [-0.2, -0.15) is 0 Å². The van der Waals surface area contributed by atoms with Crippen LogP contribution in [0.4, 0.5) is 10.1 Å². The van der Waals surface area contributed by atoms with E-state index < -0.39 is 32.2 Å². The predicted octanol–water partition coefficient (Wildman–Crippen LogP) is 5.81. The molecule has 0 radical (unpaired) electrons. The van der Waals surface area contributed by atoms with E-state index in [9.17, 15) is 13.2 Å². The number of ether oxygens (including phenoxy) is 3. The van der Waals surface area contributed by atoms with Crippen molar-refractivity contribution in [1.29, 1.82) is 0 Å². The molecule has 2 saturated heterocycles. The second-order valence-corrected chi connectivity index (χ2v) is 20.2. The topological polar surface area (TPSA) is 101 Å². The minimum atomic E-state index is -4.01. The zero-order valence-corrected chi connectivity index (χ0v) is 34.5. The van der Waals surface area contributed by atoms with Crippen LogP contribution in [0.15, 0.2) is 42.0 Å². The van der Waals surface area contributed by atoms with E-state index in [1.54, 1.807) is 31.2 Å². The summed E-state index contributed by atoms with van der Waals surface area (Å²) in [6.45, 7) is 14.2. The summed E-state index contributed by atoms with van der Waals surface area (Å²) in [5.74, 6) is -0.0230. The summed E-state index contributed by atoms with van der Waals surface area (Å²) in [6, 6.07) is 9.24. The highest BCUT2D eigenvalue weighted by Gasteiger charge is 2.55. The highest BCUT2D eigenvalue weighted by Crippen LogP contribution is 2.54. The van der Waals surface area contributed by atoms with Gasteiger partial charge in [-0.1, -0.05) is 30.7 Å². The molecule has 5 heterocycles. The zero-order valence-electron chi connectivity index (χ0n) is 32.9. The molecular formula is C43H56ClFN4O6S. The molecular weight excluding hydrogens is 755 g/mol. The summed E-state index contributed by atoms with van der Waals surface area (Å²) in [5.41, 5.74) is 2.85.